The summed E-state index contributed by atoms with van der Waals surface area (Å²) in [6, 6.07) is 5.31. The predicted octanol–water partition coefficient (Wildman–Crippen LogP) is 2.69. The Hall–Kier alpha value is -2.20. The molecule has 1 aliphatic heterocycles. The van der Waals surface area contributed by atoms with Gasteiger partial charge in [-0.15, -0.1) is 0 Å². The summed E-state index contributed by atoms with van der Waals surface area (Å²) in [5.41, 5.74) is 6.07. The summed E-state index contributed by atoms with van der Waals surface area (Å²) in [5, 5.41) is 9.32. The van der Waals surface area contributed by atoms with Gasteiger partial charge in [0.15, 0.2) is 4.67 Å². The second kappa shape index (κ2) is 6.06. The first-order valence-electron chi connectivity index (χ1n) is 6.20. The van der Waals surface area contributed by atoms with Gasteiger partial charge in [0.25, 0.3) is 0 Å². The van der Waals surface area contributed by atoms with Crippen LogP contribution in [0.3, 0.4) is 0 Å². The zero-order valence-corrected chi connectivity index (χ0v) is 13.1. The molecule has 0 aromatic carbocycles. The molecule has 0 bridgehead atoms. The molecule has 1 aromatic heterocycles. The molecular formula is C14H13BrN2O4. The highest BCUT2D eigenvalue weighted by Crippen LogP contribution is 2.40. The van der Waals surface area contributed by atoms with Crippen LogP contribution in [0.4, 0.5) is 0 Å². The second-order valence-electron chi connectivity index (χ2n) is 4.26. The normalized spacial score (nSPS) is 18.3. The fourth-order valence-electron chi connectivity index (χ4n) is 2.12. The molecule has 2 rings (SSSR count). The first-order valence-corrected chi connectivity index (χ1v) is 6.99. The Balaban J connectivity index is 2.57. The van der Waals surface area contributed by atoms with Crippen LogP contribution < -0.4 is 5.73 Å². The molecule has 0 saturated heterocycles. The molecule has 0 saturated carbocycles. The van der Waals surface area contributed by atoms with E-state index in [2.05, 4.69) is 15.9 Å². The zero-order valence-electron chi connectivity index (χ0n) is 11.5. The van der Waals surface area contributed by atoms with E-state index in [-0.39, 0.29) is 23.6 Å². The van der Waals surface area contributed by atoms with Crippen LogP contribution in [-0.4, -0.2) is 12.6 Å². The highest BCUT2D eigenvalue weighted by atomic mass is 79.9. The first-order chi connectivity index (χ1) is 9.99. The molecule has 1 atom stereocenters. The molecule has 2 N–H and O–H groups in total. The largest absolute Gasteiger partial charge is 0.463 e. The van der Waals surface area contributed by atoms with Crippen molar-refractivity contribution in [2.45, 2.75) is 19.8 Å². The van der Waals surface area contributed by atoms with Crippen LogP contribution in [0.2, 0.25) is 0 Å². The van der Waals surface area contributed by atoms with Crippen molar-refractivity contribution < 1.29 is 18.7 Å². The van der Waals surface area contributed by atoms with E-state index in [4.69, 9.17) is 19.6 Å². The molecule has 7 heteroatoms. The third-order valence-electron chi connectivity index (χ3n) is 2.98. The van der Waals surface area contributed by atoms with Crippen LogP contribution in [0.15, 0.2) is 44.0 Å². The lowest BCUT2D eigenvalue weighted by Crippen LogP contribution is -2.25. The molecule has 21 heavy (non-hydrogen) atoms. The number of hydrogen-bond donors (Lipinski definition) is 1. The summed E-state index contributed by atoms with van der Waals surface area (Å²) in [7, 11) is 0. The van der Waals surface area contributed by atoms with Crippen molar-refractivity contribution in [2.75, 3.05) is 6.61 Å². The van der Waals surface area contributed by atoms with Gasteiger partial charge in [-0.3, -0.25) is 0 Å². The van der Waals surface area contributed by atoms with Crippen LogP contribution in [0.25, 0.3) is 0 Å². The minimum absolute atomic E-state index is 0.0411. The fraction of sp³-hybridized carbons (Fsp3) is 0.286. The number of nitrogens with zero attached hydrogens (tertiary/aromatic N) is 1. The quantitative estimate of drug-likeness (QED) is 0.839. The van der Waals surface area contributed by atoms with Crippen molar-refractivity contribution in [3.63, 3.8) is 0 Å². The lowest BCUT2D eigenvalue weighted by molar-refractivity contribution is -0.139. The second-order valence-corrected chi connectivity index (χ2v) is 5.04. The molecule has 110 valence electrons. The smallest absolute Gasteiger partial charge is 0.338 e. The average Bonchev–Trinajstić information content (AvgIpc) is 2.84. The van der Waals surface area contributed by atoms with Gasteiger partial charge < -0.3 is 19.6 Å². The van der Waals surface area contributed by atoms with E-state index >= 15 is 0 Å². The number of nitrogens with two attached hydrogens (primary N) is 1. The van der Waals surface area contributed by atoms with Gasteiger partial charge in [-0.05, 0) is 41.9 Å². The molecule has 6 nitrogen and oxygen atoms in total. The van der Waals surface area contributed by atoms with E-state index in [0.717, 1.165) is 0 Å². The van der Waals surface area contributed by atoms with E-state index in [1.165, 1.54) is 0 Å². The van der Waals surface area contributed by atoms with Gasteiger partial charge in [0.1, 0.15) is 23.2 Å². The van der Waals surface area contributed by atoms with Gasteiger partial charge in [-0.25, -0.2) is 4.79 Å². The minimum Gasteiger partial charge on any atom is -0.463 e. The van der Waals surface area contributed by atoms with Crippen molar-refractivity contribution in [3.8, 4) is 6.07 Å². The summed E-state index contributed by atoms with van der Waals surface area (Å²) in [4.78, 5) is 12.2. The Bertz CT molecular complexity index is 681. The number of esters is 1. The molecule has 0 fully saturated rings. The SMILES string of the molecule is CCOC(=O)C1=C(C)OC(N)=C(C#N)C1c1ccc(Br)o1. The van der Waals surface area contributed by atoms with Gasteiger partial charge in [0.05, 0.1) is 18.1 Å². The number of halogens is 1. The van der Waals surface area contributed by atoms with E-state index in [1.54, 1.807) is 26.0 Å². The first kappa shape index (κ1) is 15.2. The lowest BCUT2D eigenvalue weighted by atomic mass is 9.87. The fourth-order valence-corrected chi connectivity index (χ4v) is 2.44. The third-order valence-corrected chi connectivity index (χ3v) is 3.41. The van der Waals surface area contributed by atoms with Gasteiger partial charge in [0.2, 0.25) is 5.88 Å². The molecule has 2 heterocycles. The number of rotatable bonds is 3. The molecule has 1 aliphatic rings. The number of carbonyl (C=O) groups is 1. The molecular weight excluding hydrogens is 340 g/mol. The van der Waals surface area contributed by atoms with E-state index in [1.807, 2.05) is 6.07 Å². The standard InChI is InChI=1S/C14H13BrN2O4/c1-3-19-14(18)11-7(2)20-13(17)8(6-16)12(11)9-4-5-10(15)21-9/h4-5,12H,3,17H2,1-2H3. The highest BCUT2D eigenvalue weighted by Gasteiger charge is 2.38. The third kappa shape index (κ3) is 2.81. The van der Waals surface area contributed by atoms with E-state index < -0.39 is 11.9 Å². The lowest BCUT2D eigenvalue weighted by Gasteiger charge is -2.25. The number of nitriles is 1. The zero-order chi connectivity index (χ0) is 15.6. The number of carbonyl (C=O) groups excluding carboxylic acids is 1. The molecule has 1 aromatic rings. The van der Waals surface area contributed by atoms with Crippen molar-refractivity contribution >= 4 is 21.9 Å². The Morgan fingerprint density at radius 3 is 2.81 bits per heavy atom. The summed E-state index contributed by atoms with van der Waals surface area (Å²) >= 11 is 3.20. The van der Waals surface area contributed by atoms with Crippen molar-refractivity contribution in [3.05, 3.63) is 45.4 Å². The topological polar surface area (TPSA) is 98.5 Å². The van der Waals surface area contributed by atoms with E-state index in [9.17, 15) is 10.1 Å². The van der Waals surface area contributed by atoms with Crippen LogP contribution >= 0.6 is 15.9 Å². The van der Waals surface area contributed by atoms with Crippen molar-refractivity contribution in [2.24, 2.45) is 5.73 Å². The van der Waals surface area contributed by atoms with Gasteiger partial charge in [-0.1, -0.05) is 0 Å². The summed E-state index contributed by atoms with van der Waals surface area (Å²) in [5.74, 6) is -0.642. The summed E-state index contributed by atoms with van der Waals surface area (Å²) in [6.45, 7) is 3.51. The Morgan fingerprint density at radius 1 is 1.57 bits per heavy atom. The Labute approximate surface area is 129 Å². The Kier molecular flexibility index (Phi) is 4.38. The van der Waals surface area contributed by atoms with Crippen LogP contribution in [0.1, 0.15) is 25.5 Å². The van der Waals surface area contributed by atoms with Gasteiger partial charge in [-0.2, -0.15) is 5.26 Å². The molecule has 0 radical (unpaired) electrons. The number of ether oxygens (including phenoxy) is 2. The van der Waals surface area contributed by atoms with Crippen LogP contribution in [-0.2, 0) is 14.3 Å². The Morgan fingerprint density at radius 2 is 2.29 bits per heavy atom. The van der Waals surface area contributed by atoms with Crippen LogP contribution in [0, 0.1) is 11.3 Å². The minimum atomic E-state index is -0.742. The van der Waals surface area contributed by atoms with Crippen molar-refractivity contribution in [1.82, 2.24) is 0 Å². The summed E-state index contributed by atoms with van der Waals surface area (Å²) < 4.78 is 16.3. The summed E-state index contributed by atoms with van der Waals surface area (Å²) in [6.07, 6.45) is 0. The van der Waals surface area contributed by atoms with Crippen LogP contribution in [0.5, 0.6) is 0 Å². The van der Waals surface area contributed by atoms with E-state index in [0.29, 0.717) is 16.2 Å². The predicted molar refractivity (Wildman–Crippen MR) is 76.4 cm³/mol. The highest BCUT2D eigenvalue weighted by molar-refractivity contribution is 9.10. The maximum Gasteiger partial charge on any atom is 0.338 e. The number of hydrogen-bond acceptors (Lipinski definition) is 6. The molecule has 0 amide bonds. The molecule has 1 unspecified atom stereocenters. The maximum atomic E-state index is 12.2. The molecule has 0 aliphatic carbocycles. The van der Waals surface area contributed by atoms with Crippen molar-refractivity contribution in [1.29, 1.82) is 5.26 Å². The monoisotopic (exact) mass is 352 g/mol. The number of allylic oxidation sites excluding steroid dienone is 2. The van der Waals surface area contributed by atoms with Gasteiger partial charge in [0, 0.05) is 0 Å². The average molecular weight is 353 g/mol. The molecule has 0 spiro atoms. The maximum absolute atomic E-state index is 12.2. The number of furan rings is 1. The van der Waals surface area contributed by atoms with Gasteiger partial charge >= 0.3 is 5.97 Å².